The molecule has 1 aliphatic heterocycles. The molecule has 2 aromatic heterocycles. The van der Waals surface area contributed by atoms with E-state index in [0.717, 1.165) is 35.8 Å². The number of amides is 1. The summed E-state index contributed by atoms with van der Waals surface area (Å²) in [6, 6.07) is 18.4. The average molecular weight is 523 g/mol. The van der Waals surface area contributed by atoms with E-state index >= 15 is 0 Å². The number of aliphatic imine (C=N–C) groups is 1. The van der Waals surface area contributed by atoms with Gasteiger partial charge in [0.2, 0.25) is 0 Å². The van der Waals surface area contributed by atoms with Crippen molar-refractivity contribution in [3.8, 4) is 28.5 Å². The molecule has 1 aliphatic rings. The second kappa shape index (κ2) is 10.4. The fraction of sp³-hybridized carbons (Fsp3) is 0.192. The highest BCUT2D eigenvalue weighted by Crippen LogP contribution is 2.35. The van der Waals surface area contributed by atoms with Crippen molar-refractivity contribution in [3.05, 3.63) is 81.2 Å². The lowest BCUT2D eigenvalue weighted by Crippen LogP contribution is -2.23. The molecule has 0 unspecified atom stereocenters. The highest BCUT2D eigenvalue weighted by atomic mass is 35.5. The third kappa shape index (κ3) is 5.22. The summed E-state index contributed by atoms with van der Waals surface area (Å²) in [6.07, 6.45) is 0. The van der Waals surface area contributed by atoms with E-state index < -0.39 is 0 Å². The molecule has 4 aromatic rings. The normalized spacial score (nSPS) is 13.0. The maximum absolute atomic E-state index is 12.3. The Morgan fingerprint density at radius 1 is 1.14 bits per heavy atom. The molecule has 2 aromatic carbocycles. The van der Waals surface area contributed by atoms with E-state index in [0.29, 0.717) is 32.2 Å². The first-order valence-corrected chi connectivity index (χ1v) is 12.4. The summed E-state index contributed by atoms with van der Waals surface area (Å²) in [6.45, 7) is 1.83. The molecule has 3 heterocycles. The number of ether oxygens (including phenoxy) is 2. The van der Waals surface area contributed by atoms with Crippen LogP contribution >= 0.6 is 22.9 Å². The van der Waals surface area contributed by atoms with E-state index in [1.807, 2.05) is 49.5 Å². The number of hydrogen-bond donors (Lipinski definition) is 1. The number of thiophene rings is 1. The number of halogens is 1. The highest BCUT2D eigenvalue weighted by molar-refractivity contribution is 7.18. The topological polar surface area (TPSA) is 89.2 Å². The van der Waals surface area contributed by atoms with Crippen molar-refractivity contribution in [2.75, 3.05) is 27.2 Å². The molecular formula is C26H23ClN4O4S. The molecule has 0 fully saturated rings. The van der Waals surface area contributed by atoms with E-state index in [2.05, 4.69) is 20.4 Å². The molecule has 0 aliphatic carbocycles. The van der Waals surface area contributed by atoms with Gasteiger partial charge in [-0.3, -0.25) is 9.79 Å². The van der Waals surface area contributed by atoms with E-state index in [4.69, 9.17) is 25.6 Å². The van der Waals surface area contributed by atoms with Gasteiger partial charge in [0, 0.05) is 30.8 Å². The Bertz CT molecular complexity index is 1410. The number of carbonyl (C=O) groups is 1. The number of nitrogens with one attached hydrogen (secondary N) is 1. The summed E-state index contributed by atoms with van der Waals surface area (Å²) in [7, 11) is 3.64. The first-order chi connectivity index (χ1) is 17.5. The van der Waals surface area contributed by atoms with Gasteiger partial charge in [0.05, 0.1) is 29.4 Å². The van der Waals surface area contributed by atoms with Gasteiger partial charge in [-0.1, -0.05) is 22.8 Å². The van der Waals surface area contributed by atoms with E-state index in [-0.39, 0.29) is 12.5 Å². The van der Waals surface area contributed by atoms with Crippen molar-refractivity contribution in [3.63, 3.8) is 0 Å². The van der Waals surface area contributed by atoms with Crippen molar-refractivity contribution < 1.29 is 18.8 Å². The maximum atomic E-state index is 12.3. The summed E-state index contributed by atoms with van der Waals surface area (Å²) in [5.74, 6) is 3.21. The van der Waals surface area contributed by atoms with Gasteiger partial charge in [-0.25, -0.2) is 0 Å². The maximum Gasteiger partial charge on any atom is 0.261 e. The minimum absolute atomic E-state index is 0.190. The molecule has 0 atom stereocenters. The van der Waals surface area contributed by atoms with Crippen LogP contribution in [0, 0.1) is 0 Å². The first kappa shape index (κ1) is 23.9. The third-order valence-electron chi connectivity index (χ3n) is 5.64. The molecule has 1 N–H and O–H groups in total. The minimum atomic E-state index is -0.223. The summed E-state index contributed by atoms with van der Waals surface area (Å²) in [4.78, 5) is 19.6. The Kier molecular flexibility index (Phi) is 6.92. The van der Waals surface area contributed by atoms with Gasteiger partial charge in [0.1, 0.15) is 28.8 Å². The van der Waals surface area contributed by atoms with Crippen LogP contribution in [-0.2, 0) is 6.54 Å². The van der Waals surface area contributed by atoms with Crippen LogP contribution in [0.5, 0.6) is 17.2 Å². The first-order valence-electron chi connectivity index (χ1n) is 11.2. The molecule has 1 amide bonds. The number of benzene rings is 2. The molecule has 10 heteroatoms. The summed E-state index contributed by atoms with van der Waals surface area (Å²) in [5.41, 5.74) is 2.30. The van der Waals surface area contributed by atoms with E-state index in [9.17, 15) is 4.79 Å². The molecular weight excluding hydrogens is 500 g/mol. The molecule has 184 valence electrons. The van der Waals surface area contributed by atoms with Crippen LogP contribution in [0.25, 0.3) is 11.3 Å². The zero-order valence-corrected chi connectivity index (χ0v) is 21.2. The molecule has 0 saturated carbocycles. The van der Waals surface area contributed by atoms with Crippen molar-refractivity contribution in [1.82, 2.24) is 15.4 Å². The van der Waals surface area contributed by atoms with Gasteiger partial charge in [-0.2, -0.15) is 0 Å². The summed E-state index contributed by atoms with van der Waals surface area (Å²) in [5, 5.41) is 7.05. The zero-order valence-electron chi connectivity index (χ0n) is 19.7. The standard InChI is InChI=1S/C26H23ClN4O4S/c1-31-12-11-28-25(31)16-3-8-20(22(13-16)34-18-6-4-17(33-2)5-7-18)21-14-19(35-30-21)15-29-26(32)23-9-10-24(27)36-23/h3-10,13-14H,11-12,15H2,1-2H3,(H,29,32). The number of amidine groups is 1. The smallest absolute Gasteiger partial charge is 0.261 e. The molecule has 0 saturated heterocycles. The highest BCUT2D eigenvalue weighted by Gasteiger charge is 2.19. The minimum Gasteiger partial charge on any atom is -0.497 e. The molecule has 0 bridgehead atoms. The monoisotopic (exact) mass is 522 g/mol. The predicted octanol–water partition coefficient (Wildman–Crippen LogP) is 5.48. The van der Waals surface area contributed by atoms with Crippen molar-refractivity contribution in [2.45, 2.75) is 6.54 Å². The summed E-state index contributed by atoms with van der Waals surface area (Å²) >= 11 is 7.14. The van der Waals surface area contributed by atoms with Crippen molar-refractivity contribution >= 4 is 34.7 Å². The molecule has 36 heavy (non-hydrogen) atoms. The van der Waals surface area contributed by atoms with Crippen LogP contribution < -0.4 is 14.8 Å². The zero-order chi connectivity index (χ0) is 25.1. The number of carbonyl (C=O) groups excluding carboxylic acids is 1. The van der Waals surface area contributed by atoms with Gasteiger partial charge < -0.3 is 24.2 Å². The largest absolute Gasteiger partial charge is 0.497 e. The predicted molar refractivity (Wildman–Crippen MR) is 140 cm³/mol. The van der Waals surface area contributed by atoms with Crippen molar-refractivity contribution in [1.29, 1.82) is 0 Å². The van der Waals surface area contributed by atoms with Gasteiger partial charge in [0.15, 0.2) is 5.76 Å². The molecule has 0 radical (unpaired) electrons. The quantitative estimate of drug-likeness (QED) is 0.329. The second-order valence-electron chi connectivity index (χ2n) is 8.08. The fourth-order valence-corrected chi connectivity index (χ4v) is 4.75. The Morgan fingerprint density at radius 3 is 2.64 bits per heavy atom. The van der Waals surface area contributed by atoms with Crippen LogP contribution in [0.15, 0.2) is 70.2 Å². The second-order valence-corrected chi connectivity index (χ2v) is 9.80. The fourth-order valence-electron chi connectivity index (χ4n) is 3.79. The Balaban J connectivity index is 1.40. The van der Waals surface area contributed by atoms with Gasteiger partial charge >= 0.3 is 0 Å². The Hall–Kier alpha value is -3.82. The number of rotatable bonds is 8. The van der Waals surface area contributed by atoms with Crippen LogP contribution in [0.1, 0.15) is 21.0 Å². The van der Waals surface area contributed by atoms with E-state index in [1.165, 1.54) is 11.3 Å². The van der Waals surface area contributed by atoms with Crippen LogP contribution in [-0.4, -0.2) is 49.0 Å². The number of nitrogens with zero attached hydrogens (tertiary/aromatic N) is 3. The molecule has 0 spiro atoms. The Morgan fingerprint density at radius 2 is 1.94 bits per heavy atom. The molecule has 5 rings (SSSR count). The lowest BCUT2D eigenvalue weighted by atomic mass is 10.1. The lowest BCUT2D eigenvalue weighted by molar-refractivity contribution is 0.0951. The van der Waals surface area contributed by atoms with Crippen LogP contribution in [0.3, 0.4) is 0 Å². The van der Waals surface area contributed by atoms with E-state index in [1.54, 1.807) is 25.3 Å². The number of methoxy groups -OCH3 is 1. The van der Waals surface area contributed by atoms with Gasteiger partial charge in [-0.05, 0) is 48.5 Å². The number of hydrogen-bond acceptors (Lipinski definition) is 8. The van der Waals surface area contributed by atoms with Gasteiger partial charge in [-0.15, -0.1) is 11.3 Å². The number of aromatic nitrogens is 1. The Labute approximate surface area is 217 Å². The SMILES string of the molecule is COc1ccc(Oc2cc(C3=NCCN3C)ccc2-c2cc(CNC(=O)c3ccc(Cl)s3)on2)cc1. The van der Waals surface area contributed by atoms with Gasteiger partial charge in [0.25, 0.3) is 5.91 Å². The summed E-state index contributed by atoms with van der Waals surface area (Å²) < 4.78 is 17.6. The average Bonchev–Trinajstić information content (AvgIpc) is 3.64. The lowest BCUT2D eigenvalue weighted by Gasteiger charge is -2.16. The van der Waals surface area contributed by atoms with Crippen LogP contribution in [0.4, 0.5) is 0 Å². The van der Waals surface area contributed by atoms with Crippen molar-refractivity contribution in [2.24, 2.45) is 4.99 Å². The number of likely N-dealkylation sites (N-methyl/N-ethyl adjacent to an activating group) is 1. The third-order valence-corrected chi connectivity index (χ3v) is 6.87. The molecule has 8 nitrogen and oxygen atoms in total. The van der Waals surface area contributed by atoms with Crippen LogP contribution in [0.2, 0.25) is 4.34 Å².